The smallest absolute Gasteiger partial charge is 0.302 e. The molecule has 0 aromatic rings. The first kappa shape index (κ1) is 23.2. The van der Waals surface area contributed by atoms with Crippen LogP contribution in [0.5, 0.6) is 0 Å². The molecule has 0 aromatic carbocycles. The number of rotatable bonds is 1. The fourth-order valence-corrected chi connectivity index (χ4v) is 9.87. The second-order valence-corrected chi connectivity index (χ2v) is 13.1. The molecule has 34 heavy (non-hydrogen) atoms. The second-order valence-electron chi connectivity index (χ2n) is 13.1. The van der Waals surface area contributed by atoms with Gasteiger partial charge in [0.15, 0.2) is 11.6 Å². The van der Waals surface area contributed by atoms with Crippen molar-refractivity contribution in [2.45, 2.75) is 104 Å². The van der Waals surface area contributed by atoms with Crippen molar-refractivity contribution in [2.24, 2.45) is 46.3 Å². The van der Waals surface area contributed by atoms with E-state index in [0.29, 0.717) is 36.0 Å². The average molecular weight is 471 g/mol. The quantitative estimate of drug-likeness (QED) is 0.476. The Morgan fingerprint density at radius 2 is 1.88 bits per heavy atom. The van der Waals surface area contributed by atoms with E-state index in [2.05, 4.69) is 27.7 Å². The number of ether oxygens (including phenoxy) is 3. The molecule has 1 spiro atoms. The molecule has 2 heterocycles. The molecule has 0 bridgehead atoms. The monoisotopic (exact) mass is 470 g/mol. The third-order valence-electron chi connectivity index (χ3n) is 11.6. The Hall–Kier alpha value is -1.20. The molecule has 7 unspecified atom stereocenters. The molecule has 0 radical (unpaired) electrons. The van der Waals surface area contributed by atoms with Gasteiger partial charge in [0, 0.05) is 37.0 Å². The van der Waals surface area contributed by atoms with Crippen LogP contribution >= 0.6 is 0 Å². The summed E-state index contributed by atoms with van der Waals surface area (Å²) in [6.45, 7) is 11.7. The van der Waals surface area contributed by atoms with Crippen molar-refractivity contribution in [3.8, 4) is 0 Å². The first-order chi connectivity index (χ1) is 16.1. The lowest BCUT2D eigenvalue weighted by atomic mass is 9.45. The number of allylic oxidation sites excluding steroid dienone is 1. The van der Waals surface area contributed by atoms with Crippen molar-refractivity contribution < 1.29 is 23.8 Å². The summed E-state index contributed by atoms with van der Waals surface area (Å²) in [5.74, 6) is 2.39. The fraction of sp³-hybridized carbons (Fsp3) is 0.862. The van der Waals surface area contributed by atoms with Gasteiger partial charge in [-0.05, 0) is 73.7 Å². The van der Waals surface area contributed by atoms with Crippen molar-refractivity contribution in [1.29, 1.82) is 0 Å². The molecule has 5 heteroatoms. The molecule has 6 rings (SSSR count). The number of hydrogen-bond donors (Lipinski definition) is 0. The highest BCUT2D eigenvalue weighted by Gasteiger charge is 2.72. The van der Waals surface area contributed by atoms with Crippen LogP contribution in [0.3, 0.4) is 0 Å². The topological polar surface area (TPSA) is 61.8 Å². The van der Waals surface area contributed by atoms with Crippen LogP contribution in [0.4, 0.5) is 0 Å². The van der Waals surface area contributed by atoms with Gasteiger partial charge in [0.1, 0.15) is 6.10 Å². The molecule has 5 nitrogen and oxygen atoms in total. The molecule has 188 valence electrons. The van der Waals surface area contributed by atoms with Crippen molar-refractivity contribution in [1.82, 2.24) is 0 Å². The first-order valence-corrected chi connectivity index (χ1v) is 13.8. The van der Waals surface area contributed by atoms with Crippen LogP contribution in [0.25, 0.3) is 0 Å². The van der Waals surface area contributed by atoms with Gasteiger partial charge in [-0.25, -0.2) is 0 Å². The van der Waals surface area contributed by atoms with Crippen LogP contribution < -0.4 is 0 Å². The third kappa shape index (κ3) is 3.04. The number of fused-ring (bicyclic) bond motifs is 7. The minimum atomic E-state index is -0.467. The standard InChI is InChI=1S/C29H42O5/c1-16-8-11-29(32-15-16)17(2)26-24(34-29)13-23-21-7-6-19-12-20(31)9-10-27(19,4)22(21)14-25(28(23,26)5)33-18(3)30/h12,16-17,21-26H,6-11,13-15H2,1-5H3/t16?,17-,21?,22?,23?,24?,25-,26?,27-,28+,29?/m0/s1. The number of carbonyl (C=O) groups is 2. The zero-order valence-corrected chi connectivity index (χ0v) is 21.6. The molecule has 0 N–H and O–H groups in total. The van der Waals surface area contributed by atoms with Crippen molar-refractivity contribution in [2.75, 3.05) is 6.61 Å². The molecular weight excluding hydrogens is 428 g/mol. The predicted molar refractivity (Wildman–Crippen MR) is 128 cm³/mol. The van der Waals surface area contributed by atoms with Crippen LogP contribution in [0.2, 0.25) is 0 Å². The van der Waals surface area contributed by atoms with Crippen LogP contribution in [-0.2, 0) is 23.8 Å². The Balaban J connectivity index is 1.37. The van der Waals surface area contributed by atoms with E-state index in [1.807, 2.05) is 6.08 Å². The van der Waals surface area contributed by atoms with Gasteiger partial charge in [0.05, 0.1) is 12.7 Å². The third-order valence-corrected chi connectivity index (χ3v) is 11.6. The van der Waals surface area contributed by atoms with Gasteiger partial charge in [0.2, 0.25) is 0 Å². The number of ketones is 1. The summed E-state index contributed by atoms with van der Waals surface area (Å²) in [7, 11) is 0. The van der Waals surface area contributed by atoms with Gasteiger partial charge < -0.3 is 14.2 Å². The van der Waals surface area contributed by atoms with Gasteiger partial charge in [0.25, 0.3) is 0 Å². The molecule has 11 atom stereocenters. The lowest BCUT2D eigenvalue weighted by molar-refractivity contribution is -0.274. The lowest BCUT2D eigenvalue weighted by Gasteiger charge is -2.60. The Labute approximate surface area is 204 Å². The van der Waals surface area contributed by atoms with E-state index < -0.39 is 5.79 Å². The summed E-state index contributed by atoms with van der Waals surface area (Å²) in [5, 5.41) is 0. The highest BCUT2D eigenvalue weighted by atomic mass is 16.7. The van der Waals surface area contributed by atoms with E-state index in [4.69, 9.17) is 14.2 Å². The summed E-state index contributed by atoms with van der Waals surface area (Å²) in [6.07, 6.45) is 9.83. The van der Waals surface area contributed by atoms with Crippen LogP contribution in [-0.4, -0.2) is 36.4 Å². The Morgan fingerprint density at radius 1 is 1.09 bits per heavy atom. The van der Waals surface area contributed by atoms with E-state index in [9.17, 15) is 9.59 Å². The summed E-state index contributed by atoms with van der Waals surface area (Å²) in [5.41, 5.74) is 1.29. The van der Waals surface area contributed by atoms with Crippen LogP contribution in [0.15, 0.2) is 11.6 Å². The molecule has 2 aliphatic heterocycles. The van der Waals surface area contributed by atoms with Gasteiger partial charge >= 0.3 is 5.97 Å². The lowest BCUT2D eigenvalue weighted by Crippen LogP contribution is -2.58. The highest BCUT2D eigenvalue weighted by Crippen LogP contribution is 2.71. The maximum Gasteiger partial charge on any atom is 0.302 e. The Morgan fingerprint density at radius 3 is 2.59 bits per heavy atom. The maximum absolute atomic E-state index is 12.4. The predicted octanol–water partition coefficient (Wildman–Crippen LogP) is 5.46. The largest absolute Gasteiger partial charge is 0.462 e. The molecule has 3 saturated carbocycles. The van der Waals surface area contributed by atoms with Gasteiger partial charge in [-0.1, -0.05) is 33.3 Å². The zero-order chi connectivity index (χ0) is 24.0. The molecule has 5 fully saturated rings. The van der Waals surface area contributed by atoms with E-state index in [-0.39, 0.29) is 40.7 Å². The summed E-state index contributed by atoms with van der Waals surface area (Å²) in [6, 6.07) is 0. The van der Waals surface area contributed by atoms with E-state index in [1.54, 1.807) is 6.92 Å². The second kappa shape index (κ2) is 7.65. The average Bonchev–Trinajstić information content (AvgIpc) is 3.23. The molecular formula is C29H42O5. The first-order valence-electron chi connectivity index (χ1n) is 13.8. The number of esters is 1. The molecule has 0 aromatic heterocycles. The Kier molecular flexibility index (Phi) is 5.22. The SMILES string of the molecule is CC(=O)O[C@H]1CC2C(CCC3=CC(=O)CC[C@@]32C)C2CC3OC4(CCC(C)CO4)[C@@H](C)C3[C@]21C. The number of carbonyl (C=O) groups excluding carboxylic acids is 2. The summed E-state index contributed by atoms with van der Waals surface area (Å²) in [4.78, 5) is 24.6. The minimum absolute atomic E-state index is 0.0462. The fourth-order valence-electron chi connectivity index (χ4n) is 9.87. The number of hydrogen-bond acceptors (Lipinski definition) is 5. The molecule has 2 saturated heterocycles. The minimum Gasteiger partial charge on any atom is -0.462 e. The Bertz CT molecular complexity index is 915. The van der Waals surface area contributed by atoms with Gasteiger partial charge in [-0.3, -0.25) is 9.59 Å². The van der Waals surface area contributed by atoms with E-state index >= 15 is 0 Å². The maximum atomic E-state index is 12.4. The van der Waals surface area contributed by atoms with Crippen LogP contribution in [0.1, 0.15) is 86.0 Å². The zero-order valence-electron chi connectivity index (χ0n) is 21.6. The van der Waals surface area contributed by atoms with Crippen molar-refractivity contribution in [3.63, 3.8) is 0 Å². The van der Waals surface area contributed by atoms with E-state index in [0.717, 1.165) is 51.6 Å². The molecule has 6 aliphatic rings. The molecule has 0 amide bonds. The summed E-state index contributed by atoms with van der Waals surface area (Å²) >= 11 is 0. The molecule has 4 aliphatic carbocycles. The van der Waals surface area contributed by atoms with E-state index in [1.165, 1.54) is 5.57 Å². The normalized spacial score (nSPS) is 54.0. The van der Waals surface area contributed by atoms with Crippen molar-refractivity contribution in [3.05, 3.63) is 11.6 Å². The van der Waals surface area contributed by atoms with Crippen LogP contribution in [0, 0.1) is 46.3 Å². The highest BCUT2D eigenvalue weighted by molar-refractivity contribution is 5.91. The summed E-state index contributed by atoms with van der Waals surface area (Å²) < 4.78 is 19.6. The van der Waals surface area contributed by atoms with Gasteiger partial charge in [-0.15, -0.1) is 0 Å². The van der Waals surface area contributed by atoms with Crippen molar-refractivity contribution >= 4 is 11.8 Å². The van der Waals surface area contributed by atoms with Gasteiger partial charge in [-0.2, -0.15) is 0 Å².